The highest BCUT2D eigenvalue weighted by Crippen LogP contribution is 2.26. The molecule has 0 saturated carbocycles. The highest BCUT2D eigenvalue weighted by atomic mass is 14.9. The number of nitrogens with zero attached hydrogens (tertiary/aromatic N) is 1. The molecule has 0 saturated heterocycles. The second-order valence-electron chi connectivity index (χ2n) is 6.11. The zero-order valence-electron chi connectivity index (χ0n) is 14.4. The van der Waals surface area contributed by atoms with Crippen molar-refractivity contribution in [3.8, 4) is 0 Å². The summed E-state index contributed by atoms with van der Waals surface area (Å²) in [7, 11) is 0. The van der Waals surface area contributed by atoms with Crippen molar-refractivity contribution in [2.24, 2.45) is 4.99 Å². The molecule has 1 aliphatic carbocycles. The fourth-order valence-corrected chi connectivity index (χ4v) is 3.01. The van der Waals surface area contributed by atoms with Crippen molar-refractivity contribution < 1.29 is 0 Å². The van der Waals surface area contributed by atoms with Crippen LogP contribution in [0.5, 0.6) is 0 Å². The van der Waals surface area contributed by atoms with Gasteiger partial charge in [-0.05, 0) is 44.7 Å². The highest BCUT2D eigenvalue weighted by Gasteiger charge is 2.19. The van der Waals surface area contributed by atoms with E-state index in [0.717, 1.165) is 43.5 Å². The predicted octanol–water partition coefficient (Wildman–Crippen LogP) is 5.04. The Kier molecular flexibility index (Phi) is 7.21. The third-order valence-electron chi connectivity index (χ3n) is 4.21. The molecule has 3 heteroatoms. The maximum Gasteiger partial charge on any atom is 0.0716 e. The Bertz CT molecular complexity index is 572. The summed E-state index contributed by atoms with van der Waals surface area (Å²) in [4.78, 5) is 4.51. The summed E-state index contributed by atoms with van der Waals surface area (Å²) >= 11 is 0. The van der Waals surface area contributed by atoms with E-state index in [9.17, 15) is 0 Å². The van der Waals surface area contributed by atoms with Crippen LogP contribution in [0.1, 0.15) is 57.9 Å². The van der Waals surface area contributed by atoms with Crippen LogP contribution in [-0.2, 0) is 0 Å². The lowest BCUT2D eigenvalue weighted by atomic mass is 9.88. The fraction of sp³-hybridized carbons (Fsp3) is 0.500. The molecule has 2 N–H and O–H groups in total. The van der Waals surface area contributed by atoms with E-state index in [2.05, 4.69) is 30.2 Å². The number of para-hydroxylation sites is 1. The average Bonchev–Trinajstić information content (AvgIpc) is 2.59. The van der Waals surface area contributed by atoms with Gasteiger partial charge in [-0.25, -0.2) is 0 Å². The molecule has 1 unspecified atom stereocenters. The molecule has 0 radical (unpaired) electrons. The number of hydrogen-bond acceptors (Lipinski definition) is 3. The van der Waals surface area contributed by atoms with E-state index < -0.39 is 0 Å². The average molecular weight is 311 g/mol. The van der Waals surface area contributed by atoms with E-state index in [-0.39, 0.29) is 0 Å². The molecule has 0 heterocycles. The maximum atomic E-state index is 8.57. The summed E-state index contributed by atoms with van der Waals surface area (Å²) in [6.45, 7) is 5.32. The number of rotatable bonds is 8. The molecular formula is C20H29N3. The van der Waals surface area contributed by atoms with Crippen LogP contribution in [0.2, 0.25) is 0 Å². The fourth-order valence-electron chi connectivity index (χ4n) is 3.01. The lowest BCUT2D eigenvalue weighted by molar-refractivity contribution is 0.495. The largest absolute Gasteiger partial charge is 0.310 e. The quantitative estimate of drug-likeness (QED) is 0.513. The van der Waals surface area contributed by atoms with Gasteiger partial charge in [0, 0.05) is 30.0 Å². The monoisotopic (exact) mass is 311 g/mol. The highest BCUT2D eigenvalue weighted by molar-refractivity contribution is 6.04. The van der Waals surface area contributed by atoms with Gasteiger partial charge in [0.15, 0.2) is 0 Å². The zero-order valence-corrected chi connectivity index (χ0v) is 14.4. The Balaban J connectivity index is 2.11. The van der Waals surface area contributed by atoms with Gasteiger partial charge < -0.3 is 10.7 Å². The van der Waals surface area contributed by atoms with Crippen LogP contribution in [0, 0.1) is 5.41 Å². The molecular weight excluding hydrogens is 282 g/mol. The minimum absolute atomic E-state index is 0.440. The summed E-state index contributed by atoms with van der Waals surface area (Å²) in [5.74, 6) is 0. The summed E-state index contributed by atoms with van der Waals surface area (Å²) in [5.41, 5.74) is 3.92. The third kappa shape index (κ3) is 5.14. The normalized spacial score (nSPS) is 18.2. The van der Waals surface area contributed by atoms with Crippen molar-refractivity contribution in [2.75, 3.05) is 6.54 Å². The minimum Gasteiger partial charge on any atom is -0.310 e. The lowest BCUT2D eigenvalue weighted by Gasteiger charge is -2.26. The Morgan fingerprint density at radius 3 is 2.96 bits per heavy atom. The van der Waals surface area contributed by atoms with Crippen LogP contribution in [0.15, 0.2) is 40.9 Å². The van der Waals surface area contributed by atoms with E-state index in [1.807, 2.05) is 30.5 Å². The summed E-state index contributed by atoms with van der Waals surface area (Å²) < 4.78 is 0. The topological polar surface area (TPSA) is 48.2 Å². The van der Waals surface area contributed by atoms with Crippen molar-refractivity contribution in [3.05, 3.63) is 41.5 Å². The smallest absolute Gasteiger partial charge is 0.0716 e. The molecule has 23 heavy (non-hydrogen) atoms. The van der Waals surface area contributed by atoms with Crippen molar-refractivity contribution in [1.29, 1.82) is 5.41 Å². The second kappa shape index (κ2) is 9.41. The van der Waals surface area contributed by atoms with Crippen LogP contribution in [0.25, 0.3) is 0 Å². The van der Waals surface area contributed by atoms with Crippen LogP contribution in [0.3, 0.4) is 0 Å². The van der Waals surface area contributed by atoms with Crippen molar-refractivity contribution >= 4 is 17.6 Å². The Hall–Kier alpha value is -1.74. The SMILES string of the molecule is CCC=Nc1ccccc1C(=N)CC1=CCCCC1NCCC. The molecule has 124 valence electrons. The van der Waals surface area contributed by atoms with E-state index >= 15 is 0 Å². The number of aliphatic imine (C=N–C) groups is 1. The third-order valence-corrected chi connectivity index (χ3v) is 4.21. The molecule has 0 aliphatic heterocycles. The molecule has 0 aromatic heterocycles. The van der Waals surface area contributed by atoms with Gasteiger partial charge in [0.1, 0.15) is 0 Å². The number of nitrogens with one attached hydrogen (secondary N) is 2. The number of benzene rings is 1. The van der Waals surface area contributed by atoms with Gasteiger partial charge in [0.2, 0.25) is 0 Å². The van der Waals surface area contributed by atoms with Crippen LogP contribution >= 0.6 is 0 Å². The van der Waals surface area contributed by atoms with Gasteiger partial charge in [-0.3, -0.25) is 4.99 Å². The van der Waals surface area contributed by atoms with Gasteiger partial charge in [-0.15, -0.1) is 0 Å². The molecule has 2 rings (SSSR count). The zero-order chi connectivity index (χ0) is 16.5. The molecule has 0 spiro atoms. The molecule has 1 aromatic carbocycles. The van der Waals surface area contributed by atoms with Crippen molar-refractivity contribution in [2.45, 2.75) is 58.4 Å². The van der Waals surface area contributed by atoms with Crippen molar-refractivity contribution in [1.82, 2.24) is 5.32 Å². The minimum atomic E-state index is 0.440. The van der Waals surface area contributed by atoms with E-state index in [4.69, 9.17) is 5.41 Å². The van der Waals surface area contributed by atoms with Gasteiger partial charge in [-0.2, -0.15) is 0 Å². The number of hydrogen-bond donors (Lipinski definition) is 2. The molecule has 0 amide bonds. The van der Waals surface area contributed by atoms with Crippen LogP contribution in [0.4, 0.5) is 5.69 Å². The van der Waals surface area contributed by atoms with E-state index in [0.29, 0.717) is 11.8 Å². The lowest BCUT2D eigenvalue weighted by Crippen LogP contribution is -2.33. The van der Waals surface area contributed by atoms with Gasteiger partial charge in [-0.1, -0.05) is 43.7 Å². The molecule has 0 fully saturated rings. The molecule has 0 bridgehead atoms. The van der Waals surface area contributed by atoms with E-state index in [1.54, 1.807) is 0 Å². The maximum absolute atomic E-state index is 8.57. The van der Waals surface area contributed by atoms with Crippen LogP contribution in [-0.4, -0.2) is 24.5 Å². The van der Waals surface area contributed by atoms with Gasteiger partial charge in [0.25, 0.3) is 0 Å². The summed E-state index contributed by atoms with van der Waals surface area (Å²) in [5, 5.41) is 12.2. The Morgan fingerprint density at radius 1 is 1.35 bits per heavy atom. The standard InChI is InChI=1S/C20H29N3/c1-3-13-22-19-11-7-5-9-16(19)15-18(21)17-10-6-8-12-20(17)23-14-4-2/h6,8-10,12,14,19,21-22H,3-5,7,11,13,15H2,1-2H3. The molecule has 3 nitrogen and oxygen atoms in total. The first-order valence-electron chi connectivity index (χ1n) is 8.87. The summed E-state index contributed by atoms with van der Waals surface area (Å²) in [6, 6.07) is 8.44. The van der Waals surface area contributed by atoms with Crippen LogP contribution < -0.4 is 5.32 Å². The predicted molar refractivity (Wildman–Crippen MR) is 100 cm³/mol. The first kappa shape index (κ1) is 17.6. The first-order valence-corrected chi connectivity index (χ1v) is 8.87. The van der Waals surface area contributed by atoms with Gasteiger partial charge in [0.05, 0.1) is 5.69 Å². The molecule has 1 aliphatic rings. The first-order chi connectivity index (χ1) is 11.3. The molecule has 1 aromatic rings. The Morgan fingerprint density at radius 2 is 2.17 bits per heavy atom. The Labute approximate surface area is 140 Å². The van der Waals surface area contributed by atoms with Crippen molar-refractivity contribution in [3.63, 3.8) is 0 Å². The summed E-state index contributed by atoms with van der Waals surface area (Å²) in [6.07, 6.45) is 10.6. The van der Waals surface area contributed by atoms with Gasteiger partial charge >= 0.3 is 0 Å². The second-order valence-corrected chi connectivity index (χ2v) is 6.11. The number of allylic oxidation sites excluding steroid dienone is 1. The van der Waals surface area contributed by atoms with E-state index in [1.165, 1.54) is 18.4 Å². The molecule has 1 atom stereocenters.